The van der Waals surface area contributed by atoms with E-state index in [-0.39, 0.29) is 5.91 Å². The molecule has 0 bridgehead atoms. The number of hydrogen-bond donors (Lipinski definition) is 1. The number of amides is 1. The maximum absolute atomic E-state index is 11.4. The molecule has 0 aromatic rings. The van der Waals surface area contributed by atoms with E-state index in [4.69, 9.17) is 0 Å². The van der Waals surface area contributed by atoms with Crippen LogP contribution < -0.4 is 5.32 Å². The average Bonchev–Trinajstić information content (AvgIpc) is 2.55. The second-order valence-electron chi connectivity index (χ2n) is 5.47. The zero-order valence-electron chi connectivity index (χ0n) is 12.2. The molecule has 0 aliphatic carbocycles. The third-order valence-corrected chi connectivity index (χ3v) is 3.52. The molecular formula is C14H29N3O. The average molecular weight is 255 g/mol. The zero-order chi connectivity index (χ0) is 13.4. The summed E-state index contributed by atoms with van der Waals surface area (Å²) < 4.78 is 0. The van der Waals surface area contributed by atoms with E-state index in [0.717, 1.165) is 52.2 Å². The standard InChI is InChI=1S/C14H29N3O/c1-4-6-15-11-13(2)12-16-7-5-8-17(10-9-16)14(3)18/h13,15H,4-12H2,1-3H3. The quantitative estimate of drug-likeness (QED) is 0.724. The monoisotopic (exact) mass is 255 g/mol. The van der Waals surface area contributed by atoms with Crippen molar-refractivity contribution in [2.45, 2.75) is 33.6 Å². The van der Waals surface area contributed by atoms with Crippen LogP contribution in [0.15, 0.2) is 0 Å². The van der Waals surface area contributed by atoms with Crippen molar-refractivity contribution in [3.63, 3.8) is 0 Å². The summed E-state index contributed by atoms with van der Waals surface area (Å²) in [7, 11) is 0. The van der Waals surface area contributed by atoms with Gasteiger partial charge in [0.1, 0.15) is 0 Å². The molecule has 1 atom stereocenters. The van der Waals surface area contributed by atoms with E-state index in [1.54, 1.807) is 6.92 Å². The summed E-state index contributed by atoms with van der Waals surface area (Å²) in [4.78, 5) is 15.8. The van der Waals surface area contributed by atoms with Gasteiger partial charge in [-0.3, -0.25) is 4.79 Å². The Kier molecular flexibility index (Phi) is 7.28. The molecule has 0 spiro atoms. The molecule has 18 heavy (non-hydrogen) atoms. The number of nitrogens with one attached hydrogen (secondary N) is 1. The van der Waals surface area contributed by atoms with Gasteiger partial charge in [-0.25, -0.2) is 0 Å². The molecule has 0 aromatic heterocycles. The first-order valence-corrected chi connectivity index (χ1v) is 7.32. The normalized spacial score (nSPS) is 19.6. The van der Waals surface area contributed by atoms with Gasteiger partial charge in [0.15, 0.2) is 0 Å². The Labute approximate surface area is 112 Å². The molecule has 1 unspecified atom stereocenters. The lowest BCUT2D eigenvalue weighted by atomic mass is 10.1. The first kappa shape index (κ1) is 15.4. The molecule has 1 aliphatic rings. The number of carbonyl (C=O) groups excluding carboxylic acids is 1. The van der Waals surface area contributed by atoms with Gasteiger partial charge in [0.05, 0.1) is 0 Å². The minimum absolute atomic E-state index is 0.217. The summed E-state index contributed by atoms with van der Waals surface area (Å²) in [6, 6.07) is 0. The van der Waals surface area contributed by atoms with Crippen molar-refractivity contribution in [3.05, 3.63) is 0 Å². The van der Waals surface area contributed by atoms with Gasteiger partial charge in [-0.1, -0.05) is 13.8 Å². The Balaban J connectivity index is 2.24. The van der Waals surface area contributed by atoms with Crippen LogP contribution in [0.5, 0.6) is 0 Å². The summed E-state index contributed by atoms with van der Waals surface area (Å²) in [5.74, 6) is 0.898. The van der Waals surface area contributed by atoms with Crippen LogP contribution in [0.2, 0.25) is 0 Å². The van der Waals surface area contributed by atoms with Gasteiger partial charge < -0.3 is 15.1 Å². The molecule has 1 aliphatic heterocycles. The SMILES string of the molecule is CCCNCC(C)CN1CCCN(C(C)=O)CC1. The highest BCUT2D eigenvalue weighted by atomic mass is 16.2. The van der Waals surface area contributed by atoms with Gasteiger partial charge in [-0.2, -0.15) is 0 Å². The maximum atomic E-state index is 11.4. The van der Waals surface area contributed by atoms with Crippen LogP contribution in [0.25, 0.3) is 0 Å². The predicted molar refractivity (Wildman–Crippen MR) is 75.6 cm³/mol. The molecule has 0 radical (unpaired) electrons. The Morgan fingerprint density at radius 3 is 2.72 bits per heavy atom. The zero-order valence-corrected chi connectivity index (χ0v) is 12.2. The van der Waals surface area contributed by atoms with E-state index in [1.165, 1.54) is 6.42 Å². The molecule has 4 heteroatoms. The highest BCUT2D eigenvalue weighted by Gasteiger charge is 2.17. The van der Waals surface area contributed by atoms with E-state index in [0.29, 0.717) is 5.92 Å². The lowest BCUT2D eigenvalue weighted by Crippen LogP contribution is -2.37. The summed E-state index contributed by atoms with van der Waals surface area (Å²) in [5.41, 5.74) is 0. The fraction of sp³-hybridized carbons (Fsp3) is 0.929. The van der Waals surface area contributed by atoms with E-state index < -0.39 is 0 Å². The Morgan fingerprint density at radius 2 is 2.06 bits per heavy atom. The number of hydrogen-bond acceptors (Lipinski definition) is 3. The third kappa shape index (κ3) is 5.83. The fourth-order valence-corrected chi connectivity index (χ4v) is 2.50. The van der Waals surface area contributed by atoms with Crippen molar-refractivity contribution < 1.29 is 4.79 Å². The largest absolute Gasteiger partial charge is 0.342 e. The highest BCUT2D eigenvalue weighted by Crippen LogP contribution is 2.06. The van der Waals surface area contributed by atoms with Crippen molar-refractivity contribution in [2.75, 3.05) is 45.8 Å². The first-order valence-electron chi connectivity index (χ1n) is 7.32. The molecule has 1 amide bonds. The molecule has 0 saturated carbocycles. The molecule has 1 fully saturated rings. The van der Waals surface area contributed by atoms with Crippen LogP contribution in [0.3, 0.4) is 0 Å². The first-order chi connectivity index (χ1) is 8.63. The maximum Gasteiger partial charge on any atom is 0.219 e. The van der Waals surface area contributed by atoms with Crippen LogP contribution in [0, 0.1) is 5.92 Å². The second-order valence-corrected chi connectivity index (χ2v) is 5.47. The summed E-state index contributed by atoms with van der Waals surface area (Å²) in [6.07, 6.45) is 2.30. The Bertz CT molecular complexity index is 245. The van der Waals surface area contributed by atoms with Gasteiger partial charge in [0, 0.05) is 33.1 Å². The van der Waals surface area contributed by atoms with Gasteiger partial charge >= 0.3 is 0 Å². The lowest BCUT2D eigenvalue weighted by molar-refractivity contribution is -0.128. The van der Waals surface area contributed by atoms with Crippen molar-refractivity contribution in [3.8, 4) is 0 Å². The molecule has 106 valence electrons. The van der Waals surface area contributed by atoms with Crippen molar-refractivity contribution >= 4 is 5.91 Å². The van der Waals surface area contributed by atoms with Crippen LogP contribution in [-0.4, -0.2) is 61.5 Å². The summed E-state index contributed by atoms with van der Waals surface area (Å²) >= 11 is 0. The highest BCUT2D eigenvalue weighted by molar-refractivity contribution is 5.73. The molecule has 0 aromatic carbocycles. The van der Waals surface area contributed by atoms with Crippen molar-refractivity contribution in [1.29, 1.82) is 0 Å². The molecule has 4 nitrogen and oxygen atoms in total. The van der Waals surface area contributed by atoms with Crippen LogP contribution in [0.1, 0.15) is 33.6 Å². The van der Waals surface area contributed by atoms with Crippen molar-refractivity contribution in [2.24, 2.45) is 5.92 Å². The predicted octanol–water partition coefficient (Wildman–Crippen LogP) is 1.18. The molecule has 1 rings (SSSR count). The Hall–Kier alpha value is -0.610. The fourth-order valence-electron chi connectivity index (χ4n) is 2.50. The van der Waals surface area contributed by atoms with E-state index >= 15 is 0 Å². The lowest BCUT2D eigenvalue weighted by Gasteiger charge is -2.24. The van der Waals surface area contributed by atoms with Crippen LogP contribution in [-0.2, 0) is 4.79 Å². The molecule has 1 N–H and O–H groups in total. The van der Waals surface area contributed by atoms with Gasteiger partial charge in [0.25, 0.3) is 0 Å². The molecule has 1 saturated heterocycles. The van der Waals surface area contributed by atoms with Crippen LogP contribution in [0.4, 0.5) is 0 Å². The third-order valence-electron chi connectivity index (χ3n) is 3.52. The van der Waals surface area contributed by atoms with Crippen LogP contribution >= 0.6 is 0 Å². The summed E-state index contributed by atoms with van der Waals surface area (Å²) in [5, 5.41) is 3.48. The van der Waals surface area contributed by atoms with Gasteiger partial charge in [-0.05, 0) is 38.4 Å². The van der Waals surface area contributed by atoms with E-state index in [9.17, 15) is 4.79 Å². The molecule has 1 heterocycles. The van der Waals surface area contributed by atoms with Gasteiger partial charge in [0.2, 0.25) is 5.91 Å². The minimum Gasteiger partial charge on any atom is -0.342 e. The van der Waals surface area contributed by atoms with Crippen molar-refractivity contribution in [1.82, 2.24) is 15.1 Å². The van der Waals surface area contributed by atoms with Gasteiger partial charge in [-0.15, -0.1) is 0 Å². The summed E-state index contributed by atoms with van der Waals surface area (Å²) in [6.45, 7) is 13.5. The second kappa shape index (κ2) is 8.48. The number of nitrogens with zero attached hydrogens (tertiary/aromatic N) is 2. The smallest absolute Gasteiger partial charge is 0.219 e. The van der Waals surface area contributed by atoms with E-state index in [1.807, 2.05) is 4.90 Å². The molecular weight excluding hydrogens is 226 g/mol. The number of carbonyl (C=O) groups is 1. The van der Waals surface area contributed by atoms with E-state index in [2.05, 4.69) is 24.1 Å². The Morgan fingerprint density at radius 1 is 1.28 bits per heavy atom. The number of rotatable bonds is 6. The minimum atomic E-state index is 0.217. The topological polar surface area (TPSA) is 35.6 Å².